The number of hydrogen-bond donors (Lipinski definition) is 6. The molecule has 3 saturated heterocycles. The van der Waals surface area contributed by atoms with Gasteiger partial charge in [0.1, 0.15) is 17.9 Å². The van der Waals surface area contributed by atoms with E-state index in [-0.39, 0.29) is 18.7 Å². The molecule has 2 aromatic carbocycles. The highest BCUT2D eigenvalue weighted by Gasteiger charge is 2.56. The SMILES string of the molecule is COC(=O)NC(C(=O)N[C@@H](Cc1ccc(C#Cc2ccc(N3CC4CCC(C3)N4C3COC3)nc2)cc1)[C@@H](O)CN(Cc1ccc(C(N)=CC=NC(F)F)cc1)NC(=O)[C@@H](NC(=O)OC)C(C)(C)C)C(C)(C)C(F)(F)F. The van der Waals surface area contributed by atoms with Gasteiger partial charge in [0.25, 0.3) is 5.91 Å². The van der Waals surface area contributed by atoms with Gasteiger partial charge in [0, 0.05) is 67.5 Å². The van der Waals surface area contributed by atoms with E-state index < -0.39 is 78.3 Å². The summed E-state index contributed by atoms with van der Waals surface area (Å²) >= 11 is 0. The van der Waals surface area contributed by atoms with Crippen LogP contribution in [0, 0.1) is 22.7 Å². The first-order valence-corrected chi connectivity index (χ1v) is 24.7. The molecule has 0 saturated carbocycles. The van der Waals surface area contributed by atoms with Crippen LogP contribution in [0.15, 0.2) is 77.9 Å². The van der Waals surface area contributed by atoms with E-state index in [1.807, 2.05) is 17.4 Å². The molecule has 4 heterocycles. The van der Waals surface area contributed by atoms with Gasteiger partial charge >= 0.3 is 24.9 Å². The highest BCUT2D eigenvalue weighted by atomic mass is 19.4. The first-order valence-electron chi connectivity index (χ1n) is 24.7. The van der Waals surface area contributed by atoms with E-state index in [9.17, 15) is 46.2 Å². The molecule has 7 N–H and O–H groups in total. The number of amides is 4. The quantitative estimate of drug-likeness (QED) is 0.0302. The van der Waals surface area contributed by atoms with Crippen molar-refractivity contribution in [2.75, 3.05) is 52.0 Å². The number of allylic oxidation sites excluding steroid dienone is 1. The normalized spacial score (nSPS) is 19.0. The lowest BCUT2D eigenvalue weighted by atomic mass is 9.82. The number of aliphatic hydroxyl groups is 1. The van der Waals surface area contributed by atoms with E-state index >= 15 is 0 Å². The van der Waals surface area contributed by atoms with Crippen LogP contribution >= 0.6 is 0 Å². The summed E-state index contributed by atoms with van der Waals surface area (Å²) in [5, 5.41) is 20.5. The standard InChI is InChI=1S/C53H67F5N10O8/c1-51(2,3)44(63-49(72)74-6)47(71)65-67(26-35-14-17-36(18-15-35)40(59)22-23-60-48(54)55)29-42(69)41(62-46(70)45(64-50(73)75-7)52(4,5)53(56,57)58)24-33-11-8-32(9-12-33)10-13-34-16-21-43(61-25-34)66-27-37-19-20-38(28-66)68(37)39-30-76-31-39/h8-9,11-12,14-18,21-23,25,37-39,41-42,44-45,48,69H,19-20,24,26-31,59H2,1-7H3,(H,62,70)(H,63,72)(H,64,73)(H,65,71)/t37?,38?,41-,42-,44+,45?/m0/s1. The zero-order chi connectivity index (χ0) is 55.5. The van der Waals surface area contributed by atoms with Gasteiger partial charge in [-0.25, -0.2) is 24.6 Å². The number of pyridine rings is 1. The predicted octanol–water partition coefficient (Wildman–Crippen LogP) is 5.13. The number of carbonyl (C=O) groups is 4. The predicted molar refractivity (Wildman–Crippen MR) is 273 cm³/mol. The van der Waals surface area contributed by atoms with Crippen molar-refractivity contribution in [2.45, 2.75) is 116 Å². The van der Waals surface area contributed by atoms with Crippen LogP contribution in [0.4, 0.5) is 37.4 Å². The van der Waals surface area contributed by atoms with Gasteiger partial charge in [0.05, 0.1) is 51.0 Å². The number of fused-ring (bicyclic) bond motifs is 2. The van der Waals surface area contributed by atoms with Crippen molar-refractivity contribution in [1.29, 1.82) is 0 Å². The topological polar surface area (TPSA) is 225 Å². The number of ether oxygens (including phenoxy) is 3. The van der Waals surface area contributed by atoms with Crippen molar-refractivity contribution >= 4 is 41.7 Å². The van der Waals surface area contributed by atoms with Gasteiger partial charge in [-0.1, -0.05) is 69.0 Å². The van der Waals surface area contributed by atoms with Crippen LogP contribution in [0.1, 0.15) is 75.3 Å². The van der Waals surface area contributed by atoms with Crippen molar-refractivity contribution < 1.29 is 60.4 Å². The van der Waals surface area contributed by atoms with Crippen LogP contribution in [0.5, 0.6) is 0 Å². The summed E-state index contributed by atoms with van der Waals surface area (Å²) in [5.74, 6) is 5.09. The summed E-state index contributed by atoms with van der Waals surface area (Å²) in [6.07, 6.45) is -2.99. The second-order valence-corrected chi connectivity index (χ2v) is 20.6. The summed E-state index contributed by atoms with van der Waals surface area (Å²) in [6, 6.07) is 13.6. The van der Waals surface area contributed by atoms with Gasteiger partial charge in [-0.2, -0.15) is 22.0 Å². The maximum Gasteiger partial charge on any atom is 0.407 e. The Morgan fingerprint density at radius 2 is 1.42 bits per heavy atom. The maximum atomic E-state index is 14.6. The Balaban J connectivity index is 1.25. The van der Waals surface area contributed by atoms with E-state index in [0.717, 1.165) is 79.2 Å². The van der Waals surface area contributed by atoms with Crippen LogP contribution in [0.2, 0.25) is 0 Å². The van der Waals surface area contributed by atoms with E-state index in [4.69, 9.17) is 20.2 Å². The van der Waals surface area contributed by atoms with Crippen molar-refractivity contribution in [3.05, 3.63) is 101 Å². The zero-order valence-corrected chi connectivity index (χ0v) is 43.5. The molecule has 3 aliphatic heterocycles. The number of piperazine rings is 1. The Bertz CT molecular complexity index is 2580. The largest absolute Gasteiger partial charge is 0.453 e. The number of alkyl halides is 5. The molecule has 3 unspecified atom stereocenters. The van der Waals surface area contributed by atoms with Gasteiger partial charge in [-0.05, 0) is 85.6 Å². The molecule has 1 aromatic heterocycles. The summed E-state index contributed by atoms with van der Waals surface area (Å²) in [7, 11) is 2.05. The van der Waals surface area contributed by atoms with E-state index in [2.05, 4.69) is 47.4 Å². The molecule has 0 aliphatic carbocycles. The molecule has 3 fully saturated rings. The number of benzene rings is 2. The maximum absolute atomic E-state index is 14.6. The Morgan fingerprint density at radius 3 is 1.95 bits per heavy atom. The number of anilines is 1. The second-order valence-electron chi connectivity index (χ2n) is 20.6. The molecule has 23 heteroatoms. The number of alkyl carbamates (subject to hydrolysis) is 2. The fraction of sp³-hybridized carbons (Fsp3) is 0.509. The lowest BCUT2D eigenvalue weighted by Crippen LogP contribution is -2.63. The number of methoxy groups -OCH3 is 2. The monoisotopic (exact) mass is 1070 g/mol. The summed E-state index contributed by atoms with van der Waals surface area (Å²) in [5.41, 5.74) is 7.90. The number of aromatic nitrogens is 1. The number of halogens is 5. The smallest absolute Gasteiger partial charge is 0.407 e. The minimum absolute atomic E-state index is 0.111. The number of aliphatic hydroxyl groups excluding tert-OH is 1. The first kappa shape index (κ1) is 58.4. The number of hydrogen-bond acceptors (Lipinski definition) is 14. The minimum atomic E-state index is -5.02. The molecule has 4 amide bonds. The average molecular weight is 1070 g/mol. The molecule has 0 spiro atoms. The van der Waals surface area contributed by atoms with Gasteiger partial charge in [0.2, 0.25) is 5.91 Å². The van der Waals surface area contributed by atoms with Crippen LogP contribution in [-0.4, -0.2) is 152 Å². The van der Waals surface area contributed by atoms with Gasteiger partial charge < -0.3 is 45.9 Å². The number of hydrazine groups is 1. The lowest BCUT2D eigenvalue weighted by molar-refractivity contribution is -0.220. The van der Waals surface area contributed by atoms with E-state index in [0.29, 0.717) is 45.9 Å². The summed E-state index contributed by atoms with van der Waals surface area (Å²) in [4.78, 5) is 65.6. The second kappa shape index (κ2) is 25.3. The fourth-order valence-electron chi connectivity index (χ4n) is 9.23. The average Bonchev–Trinajstić information content (AvgIpc) is 3.58. The molecule has 6 rings (SSSR count). The molecule has 6 atom stereocenters. The number of nitrogens with zero attached hydrogens (tertiary/aromatic N) is 5. The van der Waals surface area contributed by atoms with Crippen molar-refractivity contribution in [3.8, 4) is 11.8 Å². The van der Waals surface area contributed by atoms with Crippen LogP contribution < -0.4 is 32.0 Å². The van der Waals surface area contributed by atoms with Gasteiger partial charge in [0.15, 0.2) is 0 Å². The third kappa shape index (κ3) is 15.4. The third-order valence-electron chi connectivity index (χ3n) is 13.7. The van der Waals surface area contributed by atoms with Crippen LogP contribution in [-0.2, 0) is 36.8 Å². The Kier molecular flexibility index (Phi) is 19.4. The van der Waals surface area contributed by atoms with Gasteiger partial charge in [-0.3, -0.25) is 19.9 Å². The Hall–Kier alpha value is -6.87. The molecule has 2 bridgehead atoms. The van der Waals surface area contributed by atoms with Crippen LogP contribution in [0.3, 0.4) is 0 Å². The number of carbonyl (C=O) groups excluding carboxylic acids is 4. The van der Waals surface area contributed by atoms with E-state index in [1.54, 1.807) is 75.5 Å². The van der Waals surface area contributed by atoms with Crippen molar-refractivity contribution in [2.24, 2.45) is 21.6 Å². The molecule has 412 valence electrons. The number of nitrogens with two attached hydrogens (primary N) is 1. The minimum Gasteiger partial charge on any atom is -0.453 e. The summed E-state index contributed by atoms with van der Waals surface area (Å²) < 4.78 is 83.6. The molecule has 76 heavy (non-hydrogen) atoms. The molecular weight excluding hydrogens is 1000 g/mol. The number of nitrogens with one attached hydrogen (secondary N) is 4. The lowest BCUT2D eigenvalue weighted by Gasteiger charge is -2.47. The molecular formula is C53H67F5N10O8. The molecule has 18 nitrogen and oxygen atoms in total. The van der Waals surface area contributed by atoms with E-state index in [1.165, 1.54) is 11.1 Å². The van der Waals surface area contributed by atoms with Crippen molar-refractivity contribution in [1.82, 2.24) is 36.3 Å². The highest BCUT2D eigenvalue weighted by molar-refractivity contribution is 5.87. The Labute approximate surface area is 438 Å². The fourth-order valence-corrected chi connectivity index (χ4v) is 9.23. The highest BCUT2D eigenvalue weighted by Crippen LogP contribution is 2.41. The first-order chi connectivity index (χ1) is 35.9. The third-order valence-corrected chi connectivity index (χ3v) is 13.7. The summed E-state index contributed by atoms with van der Waals surface area (Å²) in [6.45, 7) is 6.34. The number of rotatable bonds is 19. The number of aliphatic imine (C=N–C) groups is 1. The molecule has 0 radical (unpaired) electrons. The van der Waals surface area contributed by atoms with Crippen molar-refractivity contribution in [3.63, 3.8) is 0 Å². The zero-order valence-electron chi connectivity index (χ0n) is 43.5. The Morgan fingerprint density at radius 1 is 0.842 bits per heavy atom. The van der Waals surface area contributed by atoms with Crippen LogP contribution in [0.25, 0.3) is 5.70 Å². The molecule has 3 aliphatic rings. The van der Waals surface area contributed by atoms with Gasteiger partial charge in [-0.15, -0.1) is 0 Å². The molecule has 3 aromatic rings.